The third-order valence-electron chi connectivity index (χ3n) is 1.74. The topological polar surface area (TPSA) is 20.2 Å². The quantitative estimate of drug-likeness (QED) is 0.724. The molecule has 1 unspecified atom stereocenters. The molecule has 1 rings (SSSR count). The van der Waals surface area contributed by atoms with Crippen molar-refractivity contribution in [2.75, 3.05) is 6.67 Å². The molecule has 0 spiro atoms. The van der Waals surface area contributed by atoms with Crippen molar-refractivity contribution >= 4 is 0 Å². The molecule has 0 saturated heterocycles. The highest BCUT2D eigenvalue weighted by Crippen LogP contribution is 2.18. The Morgan fingerprint density at radius 1 is 1.50 bits per heavy atom. The largest absolute Gasteiger partial charge is 0.386 e. The molecule has 1 atom stereocenters. The molecule has 0 aliphatic heterocycles. The Morgan fingerprint density at radius 3 is 2.67 bits per heavy atom. The Kier molecular flexibility index (Phi) is 2.76. The second-order valence-corrected chi connectivity index (χ2v) is 2.67. The van der Waals surface area contributed by atoms with Crippen LogP contribution in [0.2, 0.25) is 0 Å². The van der Waals surface area contributed by atoms with Gasteiger partial charge < -0.3 is 5.11 Å². The predicted octanol–water partition coefficient (Wildman–Crippen LogP) is 2.14. The van der Waals surface area contributed by atoms with E-state index in [0.717, 1.165) is 0 Å². The number of halogens is 2. The van der Waals surface area contributed by atoms with E-state index in [-0.39, 0.29) is 5.82 Å². The van der Waals surface area contributed by atoms with Gasteiger partial charge in [-0.1, -0.05) is 6.07 Å². The van der Waals surface area contributed by atoms with Crippen LogP contribution in [0.25, 0.3) is 0 Å². The number of alkyl halides is 1. The maximum Gasteiger partial charge on any atom is 0.123 e. The number of hydrogen-bond acceptors (Lipinski definition) is 1. The van der Waals surface area contributed by atoms with Crippen LogP contribution in [0.1, 0.15) is 17.2 Å². The van der Waals surface area contributed by atoms with Crippen molar-refractivity contribution in [2.45, 2.75) is 13.0 Å². The van der Waals surface area contributed by atoms with E-state index in [1.807, 2.05) is 0 Å². The molecule has 66 valence electrons. The Morgan fingerprint density at radius 2 is 2.17 bits per heavy atom. The van der Waals surface area contributed by atoms with Crippen molar-refractivity contribution in [1.29, 1.82) is 0 Å². The first-order valence-corrected chi connectivity index (χ1v) is 3.65. The summed E-state index contributed by atoms with van der Waals surface area (Å²) in [6.45, 7) is 0.795. The second-order valence-electron chi connectivity index (χ2n) is 2.67. The summed E-state index contributed by atoms with van der Waals surface area (Å²) in [4.78, 5) is 0. The Bertz CT molecular complexity index is 273. The summed E-state index contributed by atoms with van der Waals surface area (Å²) in [6, 6.07) is 3.88. The molecule has 0 heterocycles. The Hall–Kier alpha value is -0.960. The van der Waals surface area contributed by atoms with Gasteiger partial charge in [0, 0.05) is 0 Å². The summed E-state index contributed by atoms with van der Waals surface area (Å²) in [6.07, 6.45) is -1.13. The molecule has 0 saturated carbocycles. The van der Waals surface area contributed by atoms with Crippen LogP contribution in [0.3, 0.4) is 0 Å². The van der Waals surface area contributed by atoms with E-state index >= 15 is 0 Å². The molecule has 1 nitrogen and oxygen atoms in total. The fourth-order valence-corrected chi connectivity index (χ4v) is 1.10. The lowest BCUT2D eigenvalue weighted by molar-refractivity contribution is 0.141. The highest BCUT2D eigenvalue weighted by molar-refractivity contribution is 5.28. The van der Waals surface area contributed by atoms with Gasteiger partial charge in [-0.05, 0) is 30.2 Å². The lowest BCUT2D eigenvalue weighted by atomic mass is 10.0. The summed E-state index contributed by atoms with van der Waals surface area (Å²) in [5.74, 6) is -0.373. The van der Waals surface area contributed by atoms with Crippen LogP contribution < -0.4 is 0 Å². The first kappa shape index (κ1) is 9.13. The molecule has 0 bridgehead atoms. The highest BCUT2D eigenvalue weighted by Gasteiger charge is 2.09. The average molecular weight is 172 g/mol. The van der Waals surface area contributed by atoms with E-state index in [4.69, 9.17) is 5.11 Å². The van der Waals surface area contributed by atoms with Crippen molar-refractivity contribution in [3.63, 3.8) is 0 Å². The SMILES string of the molecule is Cc1cc(F)ccc1C(O)CF. The maximum absolute atomic E-state index is 12.5. The second kappa shape index (κ2) is 3.63. The maximum atomic E-state index is 12.5. The fourth-order valence-electron chi connectivity index (χ4n) is 1.10. The predicted molar refractivity (Wildman–Crippen MR) is 42.1 cm³/mol. The molecule has 1 N–H and O–H groups in total. The number of benzene rings is 1. The van der Waals surface area contributed by atoms with Crippen LogP contribution >= 0.6 is 0 Å². The minimum atomic E-state index is -1.13. The molecule has 3 heteroatoms. The van der Waals surface area contributed by atoms with Crippen LogP contribution in [0, 0.1) is 12.7 Å². The highest BCUT2D eigenvalue weighted by atomic mass is 19.1. The zero-order valence-electron chi connectivity index (χ0n) is 6.72. The van der Waals surface area contributed by atoms with Gasteiger partial charge in [-0.3, -0.25) is 0 Å². The third kappa shape index (κ3) is 1.80. The number of aryl methyl sites for hydroxylation is 1. The molecule has 0 aliphatic carbocycles. The van der Waals surface area contributed by atoms with Gasteiger partial charge in [0.15, 0.2) is 0 Å². The van der Waals surface area contributed by atoms with Gasteiger partial charge in [-0.15, -0.1) is 0 Å². The fraction of sp³-hybridized carbons (Fsp3) is 0.333. The monoisotopic (exact) mass is 172 g/mol. The summed E-state index contributed by atoms with van der Waals surface area (Å²) >= 11 is 0. The van der Waals surface area contributed by atoms with E-state index in [2.05, 4.69) is 0 Å². The lowest BCUT2D eigenvalue weighted by Gasteiger charge is -2.09. The number of rotatable bonds is 2. The van der Waals surface area contributed by atoms with Crippen molar-refractivity contribution in [3.8, 4) is 0 Å². The number of hydrogen-bond donors (Lipinski definition) is 1. The smallest absolute Gasteiger partial charge is 0.123 e. The molecule has 0 amide bonds. The van der Waals surface area contributed by atoms with E-state index < -0.39 is 12.8 Å². The van der Waals surface area contributed by atoms with Gasteiger partial charge >= 0.3 is 0 Å². The summed E-state index contributed by atoms with van der Waals surface area (Å²) < 4.78 is 24.5. The summed E-state index contributed by atoms with van der Waals surface area (Å²) in [5, 5.41) is 9.10. The van der Waals surface area contributed by atoms with Crippen molar-refractivity contribution in [1.82, 2.24) is 0 Å². The first-order valence-electron chi connectivity index (χ1n) is 3.65. The average Bonchev–Trinajstić information content (AvgIpc) is 2.03. The van der Waals surface area contributed by atoms with Gasteiger partial charge in [0.2, 0.25) is 0 Å². The third-order valence-corrected chi connectivity index (χ3v) is 1.74. The Labute approximate surface area is 69.7 Å². The van der Waals surface area contributed by atoms with E-state index in [9.17, 15) is 8.78 Å². The van der Waals surface area contributed by atoms with Crippen molar-refractivity contribution < 1.29 is 13.9 Å². The first-order chi connectivity index (χ1) is 5.65. The van der Waals surface area contributed by atoms with Crippen LogP contribution in [0.4, 0.5) is 8.78 Å². The van der Waals surface area contributed by atoms with Gasteiger partial charge in [0.05, 0.1) is 0 Å². The van der Waals surface area contributed by atoms with Crippen molar-refractivity contribution in [2.24, 2.45) is 0 Å². The number of aliphatic hydroxyl groups is 1. The minimum absolute atomic E-state index is 0.373. The molecular formula is C9H10F2O. The summed E-state index contributed by atoms with van der Waals surface area (Å²) in [5.41, 5.74) is 1.01. The lowest BCUT2D eigenvalue weighted by Crippen LogP contribution is -2.01. The van der Waals surface area contributed by atoms with Gasteiger partial charge in [0.1, 0.15) is 18.6 Å². The van der Waals surface area contributed by atoms with Gasteiger partial charge in [0.25, 0.3) is 0 Å². The zero-order chi connectivity index (χ0) is 9.14. The van der Waals surface area contributed by atoms with E-state index in [1.165, 1.54) is 18.2 Å². The van der Waals surface area contributed by atoms with E-state index in [1.54, 1.807) is 6.92 Å². The molecule has 0 fully saturated rings. The molecule has 0 aromatic heterocycles. The van der Waals surface area contributed by atoms with Gasteiger partial charge in [-0.2, -0.15) is 0 Å². The van der Waals surface area contributed by atoms with Crippen LogP contribution in [-0.4, -0.2) is 11.8 Å². The standard InChI is InChI=1S/C9H10F2O/c1-6-4-7(11)2-3-8(6)9(12)5-10/h2-4,9,12H,5H2,1H3. The van der Waals surface area contributed by atoms with Crippen molar-refractivity contribution in [3.05, 3.63) is 35.1 Å². The molecule has 1 aromatic carbocycles. The molecular weight excluding hydrogens is 162 g/mol. The van der Waals surface area contributed by atoms with Crippen LogP contribution in [0.15, 0.2) is 18.2 Å². The minimum Gasteiger partial charge on any atom is -0.386 e. The number of aliphatic hydroxyl groups excluding tert-OH is 1. The molecule has 12 heavy (non-hydrogen) atoms. The zero-order valence-corrected chi connectivity index (χ0v) is 6.72. The molecule has 0 radical (unpaired) electrons. The molecule has 1 aromatic rings. The van der Waals surface area contributed by atoms with Crippen LogP contribution in [-0.2, 0) is 0 Å². The summed E-state index contributed by atoms with van der Waals surface area (Å²) in [7, 11) is 0. The Balaban J connectivity index is 3.01. The van der Waals surface area contributed by atoms with Gasteiger partial charge in [-0.25, -0.2) is 8.78 Å². The molecule has 0 aliphatic rings. The normalized spacial score (nSPS) is 13.0. The van der Waals surface area contributed by atoms with E-state index in [0.29, 0.717) is 11.1 Å². The van der Waals surface area contributed by atoms with Crippen LogP contribution in [0.5, 0.6) is 0 Å².